The van der Waals surface area contributed by atoms with Gasteiger partial charge >= 0.3 is 0 Å². The molecule has 3 atom stereocenters. The molecule has 0 unspecified atom stereocenters. The van der Waals surface area contributed by atoms with E-state index in [9.17, 15) is 4.79 Å². The molecular weight excluding hydrogens is 244 g/mol. The van der Waals surface area contributed by atoms with Crippen molar-refractivity contribution in [2.75, 3.05) is 13.7 Å². The van der Waals surface area contributed by atoms with Gasteiger partial charge in [-0.05, 0) is 18.1 Å². The van der Waals surface area contributed by atoms with Crippen LogP contribution in [0.2, 0.25) is 18.1 Å². The maximum Gasteiger partial charge on any atom is 0.191 e. The molecule has 0 heterocycles. The Morgan fingerprint density at radius 2 is 1.72 bits per heavy atom. The molecule has 3 nitrogen and oxygen atoms in total. The van der Waals surface area contributed by atoms with E-state index in [4.69, 9.17) is 9.16 Å². The Bertz CT molecular complexity index is 258. The third-order valence-corrected chi connectivity index (χ3v) is 8.58. The van der Waals surface area contributed by atoms with Gasteiger partial charge in [0.15, 0.2) is 8.32 Å². The summed E-state index contributed by atoms with van der Waals surface area (Å²) in [6, 6.07) is 0. The Balaban J connectivity index is 4.49. The summed E-state index contributed by atoms with van der Waals surface area (Å²) in [7, 11) is -0.0549. The lowest BCUT2D eigenvalue weighted by Crippen LogP contribution is -2.43. The number of aldehydes is 1. The fourth-order valence-corrected chi connectivity index (χ4v) is 2.81. The summed E-state index contributed by atoms with van der Waals surface area (Å²) in [4.78, 5) is 10.9. The van der Waals surface area contributed by atoms with Crippen LogP contribution >= 0.6 is 0 Å². The molecule has 0 aromatic rings. The van der Waals surface area contributed by atoms with Crippen molar-refractivity contribution in [1.82, 2.24) is 0 Å². The van der Waals surface area contributed by atoms with Gasteiger partial charge in [0, 0.05) is 25.6 Å². The maximum absolute atomic E-state index is 10.9. The van der Waals surface area contributed by atoms with Crippen molar-refractivity contribution in [2.45, 2.75) is 58.9 Å². The van der Waals surface area contributed by atoms with E-state index in [0.717, 1.165) is 6.29 Å². The number of ether oxygens (including phenoxy) is 1. The largest absolute Gasteiger partial charge is 0.416 e. The molecule has 0 aliphatic heterocycles. The number of carbonyl (C=O) groups is 1. The van der Waals surface area contributed by atoms with Crippen LogP contribution in [0.3, 0.4) is 0 Å². The van der Waals surface area contributed by atoms with Crippen LogP contribution in [0.5, 0.6) is 0 Å². The van der Waals surface area contributed by atoms with Gasteiger partial charge in [0.2, 0.25) is 0 Å². The van der Waals surface area contributed by atoms with E-state index in [1.54, 1.807) is 7.11 Å². The van der Waals surface area contributed by atoms with Crippen LogP contribution in [0.1, 0.15) is 34.6 Å². The zero-order valence-electron chi connectivity index (χ0n) is 13.2. The van der Waals surface area contributed by atoms with Crippen molar-refractivity contribution in [3.63, 3.8) is 0 Å². The van der Waals surface area contributed by atoms with Crippen LogP contribution in [0.15, 0.2) is 0 Å². The molecule has 0 aliphatic carbocycles. The van der Waals surface area contributed by atoms with Crippen molar-refractivity contribution in [2.24, 2.45) is 11.8 Å². The van der Waals surface area contributed by atoms with Gasteiger partial charge in [-0.25, -0.2) is 0 Å². The highest BCUT2D eigenvalue weighted by molar-refractivity contribution is 6.74. The molecule has 0 amide bonds. The molecule has 18 heavy (non-hydrogen) atoms. The SMILES string of the molecule is CO[C@H]([C@@H](C)C=O)[C@@H](C)CO[Si](C)(C)C(C)(C)C. The first-order valence-electron chi connectivity index (χ1n) is 6.69. The summed E-state index contributed by atoms with van der Waals surface area (Å²) < 4.78 is 11.6. The molecule has 0 rings (SSSR count). The summed E-state index contributed by atoms with van der Waals surface area (Å²) in [5, 5.41) is 0.214. The molecule has 0 saturated heterocycles. The van der Waals surface area contributed by atoms with Gasteiger partial charge in [-0.3, -0.25) is 0 Å². The normalized spacial score (nSPS) is 18.2. The first-order chi connectivity index (χ1) is 8.06. The van der Waals surface area contributed by atoms with E-state index in [2.05, 4.69) is 40.8 Å². The van der Waals surface area contributed by atoms with Crippen LogP contribution in [0.25, 0.3) is 0 Å². The van der Waals surface area contributed by atoms with E-state index in [0.29, 0.717) is 6.61 Å². The fraction of sp³-hybridized carbons (Fsp3) is 0.929. The van der Waals surface area contributed by atoms with E-state index >= 15 is 0 Å². The molecule has 0 N–H and O–H groups in total. The predicted molar refractivity (Wildman–Crippen MR) is 78.3 cm³/mol. The molecular formula is C14H30O3Si. The van der Waals surface area contributed by atoms with Crippen molar-refractivity contribution in [3.8, 4) is 0 Å². The summed E-state index contributed by atoms with van der Waals surface area (Å²) >= 11 is 0. The summed E-state index contributed by atoms with van der Waals surface area (Å²) in [5.74, 6) is 0.136. The minimum Gasteiger partial charge on any atom is -0.416 e. The maximum atomic E-state index is 10.9. The van der Waals surface area contributed by atoms with Gasteiger partial charge in [0.1, 0.15) is 6.29 Å². The summed E-state index contributed by atoms with van der Waals surface area (Å²) in [6.45, 7) is 15.8. The molecule has 0 bridgehead atoms. The van der Waals surface area contributed by atoms with Gasteiger partial charge in [0.25, 0.3) is 0 Å². The van der Waals surface area contributed by atoms with E-state index in [1.807, 2.05) is 6.92 Å². The molecule has 0 aliphatic rings. The van der Waals surface area contributed by atoms with Crippen LogP contribution in [-0.2, 0) is 14.0 Å². The molecule has 0 aromatic carbocycles. The number of hydrogen-bond donors (Lipinski definition) is 0. The second kappa shape index (κ2) is 6.82. The zero-order chi connectivity index (χ0) is 14.6. The summed E-state index contributed by atoms with van der Waals surface area (Å²) in [6.07, 6.45) is 0.893. The van der Waals surface area contributed by atoms with Gasteiger partial charge in [-0.15, -0.1) is 0 Å². The monoisotopic (exact) mass is 274 g/mol. The third-order valence-electron chi connectivity index (χ3n) is 4.08. The van der Waals surface area contributed by atoms with Gasteiger partial charge < -0.3 is 14.0 Å². The lowest BCUT2D eigenvalue weighted by Gasteiger charge is -2.38. The Morgan fingerprint density at radius 3 is 2.06 bits per heavy atom. The van der Waals surface area contributed by atoms with Crippen LogP contribution in [0, 0.1) is 11.8 Å². The third kappa shape index (κ3) is 4.82. The Hall–Kier alpha value is -0.193. The molecule has 0 fully saturated rings. The smallest absolute Gasteiger partial charge is 0.191 e. The molecule has 0 saturated carbocycles. The Morgan fingerprint density at radius 1 is 1.22 bits per heavy atom. The fourth-order valence-electron chi connectivity index (χ4n) is 1.69. The zero-order valence-corrected chi connectivity index (χ0v) is 14.2. The van der Waals surface area contributed by atoms with Crippen molar-refractivity contribution in [3.05, 3.63) is 0 Å². The molecule has 108 valence electrons. The van der Waals surface area contributed by atoms with E-state index < -0.39 is 8.32 Å². The van der Waals surface area contributed by atoms with Gasteiger partial charge in [0.05, 0.1) is 6.10 Å². The predicted octanol–water partition coefficient (Wildman–Crippen LogP) is 3.49. The second-order valence-corrected chi connectivity index (χ2v) is 11.6. The van der Waals surface area contributed by atoms with Crippen molar-refractivity contribution < 1.29 is 14.0 Å². The second-order valence-electron chi connectivity index (χ2n) is 6.74. The lowest BCUT2D eigenvalue weighted by molar-refractivity contribution is -0.116. The Labute approximate surface area is 113 Å². The van der Waals surface area contributed by atoms with Gasteiger partial charge in [-0.2, -0.15) is 0 Å². The number of carbonyl (C=O) groups excluding carboxylic acids is 1. The standard InChI is InChI=1S/C14H30O3Si/c1-11(9-15)13(16-6)12(2)10-17-18(7,8)14(3,4)5/h9,11-13H,10H2,1-8H3/t11-,12-,13+/m0/s1. The van der Waals surface area contributed by atoms with Gasteiger partial charge in [-0.1, -0.05) is 34.6 Å². The minimum atomic E-state index is -1.72. The van der Waals surface area contributed by atoms with E-state index in [-0.39, 0.29) is 23.0 Å². The molecule has 0 aromatic heterocycles. The van der Waals surface area contributed by atoms with Crippen molar-refractivity contribution >= 4 is 14.6 Å². The van der Waals surface area contributed by atoms with E-state index in [1.165, 1.54) is 0 Å². The minimum absolute atomic E-state index is 0.0627. The number of rotatable bonds is 7. The average molecular weight is 274 g/mol. The van der Waals surface area contributed by atoms with Crippen molar-refractivity contribution in [1.29, 1.82) is 0 Å². The van der Waals surface area contributed by atoms with Crippen LogP contribution < -0.4 is 0 Å². The quantitative estimate of drug-likeness (QED) is 0.526. The highest BCUT2D eigenvalue weighted by atomic mass is 28.4. The first kappa shape index (κ1) is 17.8. The topological polar surface area (TPSA) is 35.5 Å². The molecule has 4 heteroatoms. The molecule has 0 spiro atoms. The lowest BCUT2D eigenvalue weighted by atomic mass is 9.95. The highest BCUT2D eigenvalue weighted by Crippen LogP contribution is 2.37. The summed E-state index contributed by atoms with van der Waals surface area (Å²) in [5.41, 5.74) is 0. The number of methoxy groups -OCH3 is 1. The van der Waals surface area contributed by atoms with Crippen LogP contribution in [-0.4, -0.2) is 34.4 Å². The first-order valence-corrected chi connectivity index (χ1v) is 9.59. The Kier molecular flexibility index (Phi) is 6.75. The van der Waals surface area contributed by atoms with Crippen LogP contribution in [0.4, 0.5) is 0 Å². The number of hydrogen-bond acceptors (Lipinski definition) is 3. The average Bonchev–Trinajstić information content (AvgIpc) is 2.25. The highest BCUT2D eigenvalue weighted by Gasteiger charge is 2.38. The molecule has 0 radical (unpaired) electrons.